The quantitative estimate of drug-likeness (QED) is 0.721. The Morgan fingerprint density at radius 3 is 2.17 bits per heavy atom. The van der Waals surface area contributed by atoms with Gasteiger partial charge < -0.3 is 14.6 Å². The van der Waals surface area contributed by atoms with Crippen molar-refractivity contribution in [1.82, 2.24) is 4.98 Å². The molecule has 0 unspecified atom stereocenters. The van der Waals surface area contributed by atoms with Crippen LogP contribution in [0.3, 0.4) is 0 Å². The van der Waals surface area contributed by atoms with Gasteiger partial charge in [-0.3, -0.25) is 14.6 Å². The normalized spacial score (nSPS) is 12.1. The van der Waals surface area contributed by atoms with Gasteiger partial charge in [0.05, 0.1) is 6.26 Å². The maximum absolute atomic E-state index is 12.3. The van der Waals surface area contributed by atoms with Crippen LogP contribution in [0.4, 0.5) is 0 Å². The van der Waals surface area contributed by atoms with Crippen LogP contribution in [0.5, 0.6) is 0 Å². The average molecular weight is 331 g/mol. The fourth-order valence-corrected chi connectivity index (χ4v) is 3.58. The van der Waals surface area contributed by atoms with E-state index in [2.05, 4.69) is 4.98 Å². The van der Waals surface area contributed by atoms with Crippen LogP contribution in [0.1, 0.15) is 38.1 Å². The lowest BCUT2D eigenvalue weighted by molar-refractivity contribution is -0.172. The molecule has 6 heteroatoms. The molecule has 0 radical (unpaired) electrons. The number of carboxylic acid groups (broad SMARTS) is 2. The van der Waals surface area contributed by atoms with Gasteiger partial charge in [-0.1, -0.05) is 19.9 Å². The number of aliphatic carboxylic acids is 2. The number of carboxylic acids is 2. The fourth-order valence-electron chi connectivity index (χ4n) is 3.58. The molecule has 2 rings (SSSR count). The molecule has 2 aromatic heterocycles. The summed E-state index contributed by atoms with van der Waals surface area (Å²) in [5, 5.41) is 20.0. The number of rotatable bonds is 8. The third-order valence-electron chi connectivity index (χ3n) is 4.93. The molecule has 0 fully saturated rings. The molecule has 0 saturated carbocycles. The minimum absolute atomic E-state index is 0.247. The van der Waals surface area contributed by atoms with Crippen LogP contribution in [-0.4, -0.2) is 27.1 Å². The minimum atomic E-state index is -2.08. The molecule has 0 bridgehead atoms. The van der Waals surface area contributed by atoms with Crippen molar-refractivity contribution in [3.05, 3.63) is 54.2 Å². The molecule has 0 aliphatic heterocycles. The largest absolute Gasteiger partial charge is 0.480 e. The van der Waals surface area contributed by atoms with E-state index in [0.717, 1.165) is 0 Å². The van der Waals surface area contributed by atoms with Crippen molar-refractivity contribution < 1.29 is 24.2 Å². The summed E-state index contributed by atoms with van der Waals surface area (Å²) >= 11 is 0. The third-order valence-corrected chi connectivity index (χ3v) is 4.93. The second-order valence-electron chi connectivity index (χ2n) is 5.78. The van der Waals surface area contributed by atoms with Crippen LogP contribution in [0.25, 0.3) is 0 Å². The summed E-state index contributed by atoms with van der Waals surface area (Å²) in [6.45, 7) is 3.59. The van der Waals surface area contributed by atoms with Crippen LogP contribution in [0.2, 0.25) is 0 Å². The van der Waals surface area contributed by atoms with E-state index in [-0.39, 0.29) is 6.42 Å². The van der Waals surface area contributed by atoms with E-state index < -0.39 is 22.8 Å². The second-order valence-corrected chi connectivity index (χ2v) is 5.78. The highest BCUT2D eigenvalue weighted by Crippen LogP contribution is 2.49. The van der Waals surface area contributed by atoms with Crippen molar-refractivity contribution in [2.24, 2.45) is 5.41 Å². The zero-order valence-electron chi connectivity index (χ0n) is 13.7. The molecule has 2 heterocycles. The Hall–Kier alpha value is -2.63. The van der Waals surface area contributed by atoms with Gasteiger partial charge in [0.15, 0.2) is 5.41 Å². The van der Waals surface area contributed by atoms with Crippen LogP contribution < -0.4 is 0 Å². The first kappa shape index (κ1) is 17.7. The van der Waals surface area contributed by atoms with Gasteiger partial charge in [-0.25, -0.2) is 0 Å². The molecule has 2 aromatic rings. The van der Waals surface area contributed by atoms with Crippen molar-refractivity contribution in [1.29, 1.82) is 0 Å². The highest BCUT2D eigenvalue weighted by molar-refractivity contribution is 6.00. The van der Waals surface area contributed by atoms with Crippen LogP contribution >= 0.6 is 0 Å². The van der Waals surface area contributed by atoms with E-state index in [1.165, 1.54) is 6.26 Å². The van der Waals surface area contributed by atoms with E-state index in [1.54, 1.807) is 50.4 Å². The van der Waals surface area contributed by atoms with Gasteiger partial charge in [0.25, 0.3) is 0 Å². The summed E-state index contributed by atoms with van der Waals surface area (Å²) in [6, 6.07) is 8.36. The molecule has 128 valence electrons. The zero-order valence-corrected chi connectivity index (χ0v) is 13.7. The molecule has 0 aromatic carbocycles. The Bertz CT molecular complexity index is 675. The van der Waals surface area contributed by atoms with Gasteiger partial charge >= 0.3 is 11.9 Å². The maximum atomic E-state index is 12.3. The number of hydrogen-bond donors (Lipinski definition) is 2. The minimum Gasteiger partial charge on any atom is -0.480 e. The number of aromatic nitrogens is 1. The third kappa shape index (κ3) is 2.58. The summed E-state index contributed by atoms with van der Waals surface area (Å²) in [7, 11) is 0. The molecule has 2 N–H and O–H groups in total. The summed E-state index contributed by atoms with van der Waals surface area (Å²) in [5.74, 6) is -2.46. The highest BCUT2D eigenvalue weighted by Gasteiger charge is 2.62. The number of nitrogens with zero attached hydrogens (tertiary/aromatic N) is 1. The Morgan fingerprint density at radius 2 is 1.75 bits per heavy atom. The monoisotopic (exact) mass is 331 g/mol. The van der Waals surface area contributed by atoms with Gasteiger partial charge in [-0.15, -0.1) is 0 Å². The summed E-state index contributed by atoms with van der Waals surface area (Å²) in [6.07, 6.45) is 3.35. The SMILES string of the molecule is CCC(CC)(c1ccccn1)C(Cc1ccco1)(C(=O)O)C(=O)O. The molecule has 0 aliphatic rings. The molecule has 0 saturated heterocycles. The maximum Gasteiger partial charge on any atom is 0.322 e. The van der Waals surface area contributed by atoms with Gasteiger partial charge in [-0.05, 0) is 37.1 Å². The standard InChI is InChI=1S/C18H21NO5/c1-3-17(4-2,14-9-5-6-10-19-14)18(15(20)21,16(22)23)12-13-8-7-11-24-13/h5-11H,3-4,12H2,1-2H3,(H,20,21)(H,22,23). The second kappa shape index (κ2) is 6.86. The highest BCUT2D eigenvalue weighted by atomic mass is 16.4. The van der Waals surface area contributed by atoms with E-state index >= 15 is 0 Å². The Morgan fingerprint density at radius 1 is 1.08 bits per heavy atom. The summed E-state index contributed by atoms with van der Waals surface area (Å²) in [4.78, 5) is 28.8. The smallest absolute Gasteiger partial charge is 0.322 e. The predicted octanol–water partition coefficient (Wildman–Crippen LogP) is 3.13. The Balaban J connectivity index is 2.74. The molecule has 0 aliphatic carbocycles. The lowest BCUT2D eigenvalue weighted by Gasteiger charge is -2.43. The first-order chi connectivity index (χ1) is 11.4. The van der Waals surface area contributed by atoms with Crippen LogP contribution in [-0.2, 0) is 21.4 Å². The first-order valence-corrected chi connectivity index (χ1v) is 7.85. The van der Waals surface area contributed by atoms with E-state index in [1.807, 2.05) is 0 Å². The van der Waals surface area contributed by atoms with Crippen molar-refractivity contribution in [2.75, 3.05) is 0 Å². The van der Waals surface area contributed by atoms with Crippen molar-refractivity contribution in [3.63, 3.8) is 0 Å². The summed E-state index contributed by atoms with van der Waals surface area (Å²) in [5.41, 5.74) is -2.78. The van der Waals surface area contributed by atoms with Crippen LogP contribution in [0, 0.1) is 5.41 Å². The molecule has 24 heavy (non-hydrogen) atoms. The van der Waals surface area contributed by atoms with Gasteiger partial charge in [0.2, 0.25) is 0 Å². The fraction of sp³-hybridized carbons (Fsp3) is 0.389. The van der Waals surface area contributed by atoms with Crippen molar-refractivity contribution in [3.8, 4) is 0 Å². The van der Waals surface area contributed by atoms with Gasteiger partial charge in [0.1, 0.15) is 5.76 Å². The van der Waals surface area contributed by atoms with E-state index in [0.29, 0.717) is 24.3 Å². The van der Waals surface area contributed by atoms with Gasteiger partial charge in [0, 0.05) is 23.7 Å². The lowest BCUT2D eigenvalue weighted by atomic mass is 9.56. The molecular weight excluding hydrogens is 310 g/mol. The molecule has 0 spiro atoms. The summed E-state index contributed by atoms with van der Waals surface area (Å²) < 4.78 is 5.26. The topological polar surface area (TPSA) is 101 Å². The first-order valence-electron chi connectivity index (χ1n) is 7.85. The van der Waals surface area contributed by atoms with Crippen molar-refractivity contribution in [2.45, 2.75) is 38.5 Å². The molecular formula is C18H21NO5. The number of furan rings is 1. The zero-order chi connectivity index (χ0) is 17.8. The van der Waals surface area contributed by atoms with E-state index in [9.17, 15) is 19.8 Å². The van der Waals surface area contributed by atoms with Gasteiger partial charge in [-0.2, -0.15) is 0 Å². The number of hydrogen-bond acceptors (Lipinski definition) is 4. The lowest BCUT2D eigenvalue weighted by Crippen LogP contribution is -2.57. The Labute approximate surface area is 140 Å². The average Bonchev–Trinajstić information content (AvgIpc) is 3.08. The van der Waals surface area contributed by atoms with Crippen molar-refractivity contribution >= 4 is 11.9 Å². The Kier molecular flexibility index (Phi) is 5.07. The number of carbonyl (C=O) groups is 2. The predicted molar refractivity (Wildman–Crippen MR) is 86.6 cm³/mol. The molecule has 0 amide bonds. The van der Waals surface area contributed by atoms with Crippen LogP contribution in [0.15, 0.2) is 47.2 Å². The molecule has 0 atom stereocenters. The molecule has 6 nitrogen and oxygen atoms in total. The van der Waals surface area contributed by atoms with E-state index in [4.69, 9.17) is 4.42 Å². The number of pyridine rings is 1.